The van der Waals surface area contributed by atoms with Gasteiger partial charge in [-0.25, -0.2) is 14.4 Å². The van der Waals surface area contributed by atoms with E-state index in [2.05, 4.69) is 194 Å². The Morgan fingerprint density at radius 2 is 0.941 bits per heavy atom. The van der Waals surface area contributed by atoms with Crippen LogP contribution in [0.5, 0.6) is 0 Å². The first-order valence-electron chi connectivity index (χ1n) is 28.3. The number of aromatic amines is 1. The molecule has 0 radical (unpaired) electrons. The number of hydrogen-bond acceptors (Lipinski definition) is 15. The van der Waals surface area contributed by atoms with E-state index in [1.165, 1.54) is 28.4 Å². The topological polar surface area (TPSA) is 255 Å². The predicted molar refractivity (Wildman–Crippen MR) is 373 cm³/mol. The van der Waals surface area contributed by atoms with Gasteiger partial charge in [-0.15, -0.1) is 0 Å². The number of aromatic nitrogens is 6. The van der Waals surface area contributed by atoms with Gasteiger partial charge in [0.05, 0.1) is 24.5 Å². The van der Waals surface area contributed by atoms with Crippen LogP contribution >= 0.6 is 105 Å². The summed E-state index contributed by atoms with van der Waals surface area (Å²) >= 11 is 12.1. The van der Waals surface area contributed by atoms with Crippen molar-refractivity contribution in [2.24, 2.45) is 5.92 Å². The Balaban J connectivity index is -0.000000220. The molecule has 3 saturated heterocycles. The Bertz CT molecular complexity index is 2070. The van der Waals surface area contributed by atoms with E-state index in [0.29, 0.717) is 12.1 Å². The molecule has 21 nitrogen and oxygen atoms in total. The fraction of sp³-hybridized carbons (Fsp3) is 0.724. The van der Waals surface area contributed by atoms with Crippen LogP contribution < -0.4 is 0 Å². The van der Waals surface area contributed by atoms with E-state index < -0.39 is 11.2 Å². The molecule has 3 aliphatic heterocycles. The average Bonchev–Trinajstić information content (AvgIpc) is 4.45. The molecule has 3 aliphatic rings. The van der Waals surface area contributed by atoms with Crippen molar-refractivity contribution in [3.63, 3.8) is 0 Å². The molecule has 0 aliphatic carbocycles. The Kier molecular flexibility index (Phi) is 65.7. The molecular weight excluding hydrogens is 1700 g/mol. The van der Waals surface area contributed by atoms with Gasteiger partial charge in [0.15, 0.2) is 0 Å². The van der Waals surface area contributed by atoms with Crippen molar-refractivity contribution in [3.8, 4) is 0 Å². The van der Waals surface area contributed by atoms with Crippen LogP contribution in [0, 0.1) is 12.8 Å². The Hall–Kier alpha value is -2.19. The predicted octanol–water partition coefficient (Wildman–Crippen LogP) is 15.9. The van der Waals surface area contributed by atoms with Crippen molar-refractivity contribution in [1.82, 2.24) is 44.5 Å². The number of carbonyl (C=O) groups excluding carboxylic acids is 9. The molecule has 1 N–H and O–H groups in total. The first kappa shape index (κ1) is 93.9. The minimum atomic E-state index is -0.425. The van der Waals surface area contributed by atoms with E-state index in [0.717, 1.165) is 100 Å². The van der Waals surface area contributed by atoms with Crippen molar-refractivity contribution in [3.05, 3.63) is 61.3 Å². The fourth-order valence-electron chi connectivity index (χ4n) is 6.52. The van der Waals surface area contributed by atoms with Crippen LogP contribution in [0.1, 0.15) is 199 Å². The van der Waals surface area contributed by atoms with Gasteiger partial charge in [-0.3, -0.25) is 14.5 Å². The first-order chi connectivity index (χ1) is 39.7. The normalized spacial score (nSPS) is 13.6. The summed E-state index contributed by atoms with van der Waals surface area (Å²) in [6, 6.07) is 2.73. The number of alkyl halides is 2. The summed E-state index contributed by atoms with van der Waals surface area (Å²) < 4.78 is 22.2. The van der Waals surface area contributed by atoms with E-state index >= 15 is 0 Å². The van der Waals surface area contributed by atoms with Crippen LogP contribution in [0.2, 0.25) is 0 Å². The van der Waals surface area contributed by atoms with Crippen LogP contribution in [0.15, 0.2) is 43.2 Å². The number of nitrogens with one attached hydrogen (secondary N) is 1. The molecule has 3 amide bonds. The van der Waals surface area contributed by atoms with Crippen molar-refractivity contribution < 1.29 is 62.3 Å². The summed E-state index contributed by atoms with van der Waals surface area (Å²) in [6.07, 6.45) is 22.3. The number of amides is 3. The van der Waals surface area contributed by atoms with Crippen LogP contribution in [-0.4, -0.2) is 146 Å². The zero-order chi connectivity index (χ0) is 67.2. The third kappa shape index (κ3) is 63.2. The molecule has 3 aromatic heterocycles. The number of nitrogens with zero attached hydrogens (tertiary/aromatic N) is 8. The van der Waals surface area contributed by atoms with Gasteiger partial charge in [0.25, 0.3) is 0 Å². The standard InChI is InChI=1S/C15H25N3O2.C13H21N3O2.C11H21NO2.C5H8N2.2C3H7I.C3H8.C2H5.3CO2.3HI.V/c1-5-12-10-16-18(11-12)13-6-8-17(9-7-13)14(19)20-15(2,3)4;1-13(2,3)18-12(17)15-9-5-11(6-10-15)16-8-4-7-14-16;1-9-5-7-12(8-6-9)10(13)14-11(2,3)4;1-2-5-3-6-7-4-5;1-3(2)4;1-2-3-4;1-3-2;1-2;3*2-1-3;;;;/h10-11,13H,5-9H2,1-4H3;4,7-8,11H,5-6,9-10H2,1-3H3;9H,5-8H2,1-4H3;3-4H,2H2,1H3,(H,6,7);3H,1-2H3;2-3H2,1H3;3H2,1-2H3;1H2,2H3;;;;3*1H;/q;;;;;;;-1;;;;;;;+3/p-3. The molecule has 27 heteroatoms. The summed E-state index contributed by atoms with van der Waals surface area (Å²) in [6.45, 7) is 43.9. The van der Waals surface area contributed by atoms with Gasteiger partial charge in [0.1, 0.15) is 16.8 Å². The average molecular weight is 1800 g/mol. The van der Waals surface area contributed by atoms with E-state index in [9.17, 15) is 14.4 Å². The van der Waals surface area contributed by atoms with Crippen LogP contribution in [-0.2, 0) is 60.7 Å². The second-order valence-electron chi connectivity index (χ2n) is 21.5. The molecule has 0 spiro atoms. The SMILES string of the molecule is CC(C)(C)OC(=O)N1CCC(n2cccn2)CC1.CC(C)I.CC1CCN(C(=O)OC(C)(C)C)CC1.CCC.CCCI.CCc1cn[nH]c1.CCc1cnn(C2CCN(C(=O)OC(C)(C)C)CC2)c1.O=C=O.O=C=O.O=C=O.[CH2-]C.[I][V]([I])[I]. The van der Waals surface area contributed by atoms with Gasteiger partial charge in [-0.05, 0) is 148 Å². The number of aryl methyl sites for hydroxylation is 2. The second kappa shape index (κ2) is 59.4. The van der Waals surface area contributed by atoms with Gasteiger partial charge >= 0.3 is 102 Å². The third-order valence-corrected chi connectivity index (χ3v) is 11.2. The number of ether oxygens (including phenoxy) is 3. The maximum atomic E-state index is 12.0. The minimum absolute atomic E-state index is 0.163. The van der Waals surface area contributed by atoms with Crippen LogP contribution in [0.3, 0.4) is 0 Å². The molecule has 85 heavy (non-hydrogen) atoms. The van der Waals surface area contributed by atoms with E-state index in [1.807, 2.05) is 107 Å². The molecule has 3 aromatic rings. The number of carbonyl (C=O) groups is 3. The molecule has 0 unspecified atom stereocenters. The molecule has 0 atom stereocenters. The Labute approximate surface area is 574 Å². The van der Waals surface area contributed by atoms with Crippen LogP contribution in [0.4, 0.5) is 14.4 Å². The number of rotatable bonds is 5. The summed E-state index contributed by atoms with van der Waals surface area (Å²) in [7, 11) is 0. The summed E-state index contributed by atoms with van der Waals surface area (Å²) in [5.41, 5.74) is 1.31. The first-order valence-corrected chi connectivity index (χ1v) is 44.6. The molecule has 0 bridgehead atoms. The summed E-state index contributed by atoms with van der Waals surface area (Å²) in [5, 5.41) is 15.2. The zero-order valence-electron chi connectivity index (χ0n) is 53.9. The van der Waals surface area contributed by atoms with Crippen molar-refractivity contribution in [1.29, 1.82) is 0 Å². The number of likely N-dealkylation sites (tertiary alicyclic amines) is 3. The molecule has 0 saturated carbocycles. The van der Waals surface area contributed by atoms with Gasteiger partial charge in [-0.2, -0.15) is 51.0 Å². The molecule has 492 valence electrons. The van der Waals surface area contributed by atoms with Gasteiger partial charge in [0.2, 0.25) is 0 Å². The van der Waals surface area contributed by atoms with Gasteiger partial charge in [-0.1, -0.05) is 107 Å². The van der Waals surface area contributed by atoms with Crippen molar-refractivity contribution in [2.75, 3.05) is 43.7 Å². The maximum absolute atomic E-state index is 12.0. The Morgan fingerprint density at radius 1 is 0.635 bits per heavy atom. The Morgan fingerprint density at radius 3 is 1.16 bits per heavy atom. The molecule has 6 heterocycles. The van der Waals surface area contributed by atoms with Crippen molar-refractivity contribution >= 4 is 142 Å². The second-order valence-corrected chi connectivity index (χ2v) is 60.5. The van der Waals surface area contributed by atoms with E-state index in [4.69, 9.17) is 43.0 Å². The number of H-pyrrole nitrogens is 1. The monoisotopic (exact) mass is 1800 g/mol. The third-order valence-electron chi connectivity index (χ3n) is 10.2. The fourth-order valence-corrected chi connectivity index (χ4v) is 6.52. The quantitative estimate of drug-likeness (QED) is 0.108. The van der Waals surface area contributed by atoms with Gasteiger partial charge < -0.3 is 35.8 Å². The van der Waals surface area contributed by atoms with E-state index in [-0.39, 0.29) is 47.3 Å². The molecule has 6 rings (SSSR count). The van der Waals surface area contributed by atoms with Crippen LogP contribution in [0.25, 0.3) is 0 Å². The van der Waals surface area contributed by atoms with E-state index in [1.54, 1.807) is 22.9 Å². The molecule has 3 fully saturated rings. The zero-order valence-corrected chi connectivity index (χ0v) is 66.1. The number of halogens is 5. The number of hydrogen-bond donors (Lipinski definition) is 1. The van der Waals surface area contributed by atoms with Crippen molar-refractivity contribution in [2.45, 2.75) is 222 Å². The molecule has 0 aromatic carbocycles. The molecular formula is C58H102I5N9O12V-. The van der Waals surface area contributed by atoms with Gasteiger partial charge in [0, 0.05) is 68.0 Å². The number of piperidine rings is 3. The summed E-state index contributed by atoms with van der Waals surface area (Å²) in [5.74, 6) is 0.744. The summed E-state index contributed by atoms with van der Waals surface area (Å²) in [4.78, 5) is 89.4.